The third-order valence-corrected chi connectivity index (χ3v) is 4.08. The molecule has 0 atom stereocenters. The van der Waals surface area contributed by atoms with Crippen molar-refractivity contribution < 1.29 is 0 Å². The van der Waals surface area contributed by atoms with Crippen LogP contribution in [0.1, 0.15) is 0 Å². The summed E-state index contributed by atoms with van der Waals surface area (Å²) in [7, 11) is 3.98. The highest BCUT2D eigenvalue weighted by Gasteiger charge is 2.15. The number of hydrogen-bond acceptors (Lipinski definition) is 2. The quantitative estimate of drug-likeness (QED) is 0.468. The fourth-order valence-corrected chi connectivity index (χ4v) is 2.92. The summed E-state index contributed by atoms with van der Waals surface area (Å²) in [6.07, 6.45) is 3.94. The van der Waals surface area contributed by atoms with E-state index in [1.54, 1.807) is 0 Å². The molecule has 3 aromatic rings. The van der Waals surface area contributed by atoms with Crippen LogP contribution in [0.15, 0.2) is 85.1 Å². The van der Waals surface area contributed by atoms with Crippen LogP contribution >= 0.6 is 12.2 Å². The number of anilines is 2. The molecular formula is C21H20N2S. The van der Waals surface area contributed by atoms with E-state index in [0.717, 1.165) is 16.4 Å². The Morgan fingerprint density at radius 2 is 1.50 bits per heavy atom. The Bertz CT molecular complexity index is 864. The molecule has 0 heterocycles. The Hall–Kier alpha value is -2.65. The molecule has 2 nitrogen and oxygen atoms in total. The maximum atomic E-state index is 5.73. The van der Waals surface area contributed by atoms with E-state index in [9.17, 15) is 0 Å². The Balaban J connectivity index is 2.15. The lowest BCUT2D eigenvalue weighted by molar-refractivity contribution is 0.564. The summed E-state index contributed by atoms with van der Waals surface area (Å²) in [4.78, 5) is 4.86. The number of para-hydroxylation sites is 1. The Morgan fingerprint density at radius 3 is 2.25 bits per heavy atom. The number of benzene rings is 3. The molecule has 3 heteroatoms. The van der Waals surface area contributed by atoms with Gasteiger partial charge in [0, 0.05) is 31.4 Å². The lowest BCUT2D eigenvalue weighted by atomic mass is 10.1. The SMILES string of the molecule is CN(C)C=CC(=S)N(c1ccccc1)c1cccc2ccccc12. The van der Waals surface area contributed by atoms with Crippen LogP contribution in [0.4, 0.5) is 11.4 Å². The number of thiocarbonyl (C=S) groups is 1. The van der Waals surface area contributed by atoms with Gasteiger partial charge in [-0.25, -0.2) is 0 Å². The lowest BCUT2D eigenvalue weighted by Gasteiger charge is -2.25. The molecule has 0 radical (unpaired) electrons. The van der Waals surface area contributed by atoms with Crippen molar-refractivity contribution in [2.75, 3.05) is 19.0 Å². The highest BCUT2D eigenvalue weighted by Crippen LogP contribution is 2.33. The summed E-state index contributed by atoms with van der Waals surface area (Å²) >= 11 is 5.73. The second kappa shape index (κ2) is 7.28. The first kappa shape index (κ1) is 16.2. The molecule has 0 bridgehead atoms. The first-order valence-electron chi connectivity index (χ1n) is 7.88. The van der Waals surface area contributed by atoms with Gasteiger partial charge in [0.1, 0.15) is 4.99 Å². The molecule has 0 saturated carbocycles. The average molecular weight is 332 g/mol. The fourth-order valence-electron chi connectivity index (χ4n) is 2.65. The Kier molecular flexibility index (Phi) is 4.92. The van der Waals surface area contributed by atoms with Crippen LogP contribution in [0.2, 0.25) is 0 Å². The molecule has 0 aliphatic rings. The van der Waals surface area contributed by atoms with Crippen LogP contribution in [0.5, 0.6) is 0 Å². The van der Waals surface area contributed by atoms with Crippen LogP contribution in [0.3, 0.4) is 0 Å². The van der Waals surface area contributed by atoms with Gasteiger partial charge in [0.25, 0.3) is 0 Å². The first-order valence-corrected chi connectivity index (χ1v) is 8.29. The van der Waals surface area contributed by atoms with Crippen LogP contribution < -0.4 is 4.90 Å². The van der Waals surface area contributed by atoms with Gasteiger partial charge in [-0.05, 0) is 29.7 Å². The maximum Gasteiger partial charge on any atom is 0.112 e. The standard InChI is InChI=1S/C21H20N2S/c1-22(2)16-15-21(24)23(18-11-4-3-5-12-18)20-14-8-10-17-9-6-7-13-19(17)20/h3-16H,1-2H3. The van der Waals surface area contributed by atoms with Crippen molar-refractivity contribution in [2.24, 2.45) is 0 Å². The molecule has 0 amide bonds. The van der Waals surface area contributed by atoms with Crippen molar-refractivity contribution in [3.05, 3.63) is 85.1 Å². The monoisotopic (exact) mass is 332 g/mol. The smallest absolute Gasteiger partial charge is 0.112 e. The molecular weight excluding hydrogens is 312 g/mol. The molecule has 3 aromatic carbocycles. The summed E-state index contributed by atoms with van der Waals surface area (Å²) in [5, 5.41) is 2.39. The van der Waals surface area contributed by atoms with Crippen LogP contribution in [0.25, 0.3) is 10.8 Å². The van der Waals surface area contributed by atoms with Gasteiger partial charge in [-0.15, -0.1) is 0 Å². The van der Waals surface area contributed by atoms with Crippen molar-refractivity contribution in [1.29, 1.82) is 0 Å². The molecule has 0 saturated heterocycles. The minimum Gasteiger partial charge on any atom is -0.383 e. The van der Waals surface area contributed by atoms with E-state index in [1.807, 2.05) is 49.5 Å². The third-order valence-electron chi connectivity index (χ3n) is 3.76. The predicted molar refractivity (Wildman–Crippen MR) is 108 cm³/mol. The van der Waals surface area contributed by atoms with E-state index in [-0.39, 0.29) is 0 Å². The van der Waals surface area contributed by atoms with Crippen molar-refractivity contribution >= 4 is 39.4 Å². The van der Waals surface area contributed by atoms with Gasteiger partial charge in [0.05, 0.1) is 5.69 Å². The van der Waals surface area contributed by atoms with E-state index in [2.05, 4.69) is 59.5 Å². The van der Waals surface area contributed by atoms with Gasteiger partial charge in [-0.1, -0.05) is 66.8 Å². The summed E-state index contributed by atoms with van der Waals surface area (Å²) in [6, 6.07) is 24.9. The molecule has 0 N–H and O–H groups in total. The second-order valence-electron chi connectivity index (χ2n) is 5.79. The van der Waals surface area contributed by atoms with Gasteiger partial charge < -0.3 is 9.80 Å². The highest BCUT2D eigenvalue weighted by molar-refractivity contribution is 7.81. The van der Waals surface area contributed by atoms with Gasteiger partial charge in [-0.3, -0.25) is 0 Å². The van der Waals surface area contributed by atoms with Crippen LogP contribution in [-0.2, 0) is 0 Å². The number of fused-ring (bicyclic) bond motifs is 1. The maximum absolute atomic E-state index is 5.73. The van der Waals surface area contributed by atoms with E-state index < -0.39 is 0 Å². The van der Waals surface area contributed by atoms with Gasteiger partial charge in [-0.2, -0.15) is 0 Å². The molecule has 0 aliphatic carbocycles. The average Bonchev–Trinajstić information content (AvgIpc) is 2.61. The molecule has 0 aliphatic heterocycles. The van der Waals surface area contributed by atoms with Gasteiger partial charge >= 0.3 is 0 Å². The third kappa shape index (κ3) is 3.47. The number of rotatable bonds is 4. The normalized spacial score (nSPS) is 10.9. The van der Waals surface area contributed by atoms with Crippen LogP contribution in [-0.4, -0.2) is 24.0 Å². The fraction of sp³-hybridized carbons (Fsp3) is 0.0952. The molecule has 3 rings (SSSR count). The molecule has 120 valence electrons. The van der Waals surface area contributed by atoms with Gasteiger partial charge in [0.15, 0.2) is 0 Å². The Morgan fingerprint density at radius 1 is 0.833 bits per heavy atom. The first-order chi connectivity index (χ1) is 11.7. The van der Waals surface area contributed by atoms with E-state index in [0.29, 0.717) is 0 Å². The predicted octanol–water partition coefficient (Wildman–Crippen LogP) is 5.38. The summed E-state index contributed by atoms with van der Waals surface area (Å²) in [5.74, 6) is 0. The molecule has 0 aromatic heterocycles. The summed E-state index contributed by atoms with van der Waals surface area (Å²) < 4.78 is 0. The lowest BCUT2D eigenvalue weighted by Crippen LogP contribution is -2.23. The second-order valence-corrected chi connectivity index (χ2v) is 6.21. The molecule has 24 heavy (non-hydrogen) atoms. The highest BCUT2D eigenvalue weighted by atomic mass is 32.1. The van der Waals surface area contributed by atoms with E-state index in [4.69, 9.17) is 12.2 Å². The molecule has 0 fully saturated rings. The zero-order valence-electron chi connectivity index (χ0n) is 13.9. The van der Waals surface area contributed by atoms with Crippen LogP contribution in [0, 0.1) is 0 Å². The van der Waals surface area contributed by atoms with Gasteiger partial charge in [0.2, 0.25) is 0 Å². The zero-order valence-corrected chi connectivity index (χ0v) is 14.7. The minimum absolute atomic E-state index is 0.756. The molecule has 0 unspecified atom stereocenters. The van der Waals surface area contributed by atoms with Crippen molar-refractivity contribution in [3.63, 3.8) is 0 Å². The molecule has 0 spiro atoms. The van der Waals surface area contributed by atoms with E-state index in [1.165, 1.54) is 10.8 Å². The Labute approximate surface area is 148 Å². The van der Waals surface area contributed by atoms with E-state index >= 15 is 0 Å². The summed E-state index contributed by atoms with van der Waals surface area (Å²) in [5.41, 5.74) is 2.15. The zero-order chi connectivity index (χ0) is 16.9. The minimum atomic E-state index is 0.756. The number of nitrogens with zero attached hydrogens (tertiary/aromatic N) is 2. The van der Waals surface area contributed by atoms with Crippen molar-refractivity contribution in [1.82, 2.24) is 4.90 Å². The summed E-state index contributed by atoms with van der Waals surface area (Å²) in [6.45, 7) is 0. The van der Waals surface area contributed by atoms with Crippen molar-refractivity contribution in [2.45, 2.75) is 0 Å². The topological polar surface area (TPSA) is 6.48 Å². The largest absolute Gasteiger partial charge is 0.383 e. The van der Waals surface area contributed by atoms with Crippen molar-refractivity contribution in [3.8, 4) is 0 Å². The number of hydrogen-bond donors (Lipinski definition) is 0.